The van der Waals surface area contributed by atoms with Crippen molar-refractivity contribution in [2.45, 2.75) is 17.7 Å². The van der Waals surface area contributed by atoms with E-state index in [0.717, 1.165) is 9.37 Å². The van der Waals surface area contributed by atoms with Crippen LogP contribution in [-0.2, 0) is 9.59 Å². The van der Waals surface area contributed by atoms with Crippen LogP contribution in [0.25, 0.3) is 0 Å². The summed E-state index contributed by atoms with van der Waals surface area (Å²) < 4.78 is 0.968. The van der Waals surface area contributed by atoms with Crippen molar-refractivity contribution in [2.75, 3.05) is 5.75 Å². The smallest absolute Gasteiger partial charge is 0.303 e. The molecule has 0 aromatic heterocycles. The lowest BCUT2D eigenvalue weighted by molar-refractivity contribution is -0.138. The molecule has 0 amide bonds. The van der Waals surface area contributed by atoms with Crippen LogP contribution in [0.2, 0.25) is 0 Å². The van der Waals surface area contributed by atoms with Gasteiger partial charge in [0.1, 0.15) is 5.78 Å². The zero-order valence-electron chi connectivity index (χ0n) is 8.48. The number of ketones is 1. The number of hydrogen-bond donors (Lipinski definition) is 1. The van der Waals surface area contributed by atoms with Crippen molar-refractivity contribution < 1.29 is 14.7 Å². The summed E-state index contributed by atoms with van der Waals surface area (Å²) in [4.78, 5) is 22.6. The van der Waals surface area contributed by atoms with Gasteiger partial charge in [-0.25, -0.2) is 0 Å². The van der Waals surface area contributed by atoms with Crippen LogP contribution >= 0.6 is 27.7 Å². The molecular weight excluding hydrogens is 292 g/mol. The van der Waals surface area contributed by atoms with Gasteiger partial charge in [-0.2, -0.15) is 0 Å². The van der Waals surface area contributed by atoms with E-state index in [9.17, 15) is 9.59 Å². The second-order valence-corrected chi connectivity index (χ2v) is 5.14. The first kappa shape index (κ1) is 13.3. The van der Waals surface area contributed by atoms with Crippen molar-refractivity contribution in [3.05, 3.63) is 28.7 Å². The zero-order chi connectivity index (χ0) is 12.0. The van der Waals surface area contributed by atoms with Crippen molar-refractivity contribution >= 4 is 39.4 Å². The molecule has 0 aliphatic rings. The Kier molecular flexibility index (Phi) is 5.55. The Morgan fingerprint density at radius 1 is 1.31 bits per heavy atom. The van der Waals surface area contributed by atoms with Crippen LogP contribution in [0.3, 0.4) is 0 Å². The molecule has 1 aromatic carbocycles. The maximum atomic E-state index is 11.3. The molecule has 1 rings (SSSR count). The molecule has 1 N–H and O–H groups in total. The number of carbonyl (C=O) groups is 2. The average Bonchev–Trinajstić information content (AvgIpc) is 2.23. The van der Waals surface area contributed by atoms with Crippen LogP contribution < -0.4 is 0 Å². The van der Waals surface area contributed by atoms with Gasteiger partial charge in [0.2, 0.25) is 0 Å². The van der Waals surface area contributed by atoms with Gasteiger partial charge < -0.3 is 5.11 Å². The summed E-state index contributed by atoms with van der Waals surface area (Å²) in [5.41, 5.74) is 0. The van der Waals surface area contributed by atoms with Crippen molar-refractivity contribution in [1.82, 2.24) is 0 Å². The average molecular weight is 303 g/mol. The summed E-state index contributed by atoms with van der Waals surface area (Å²) in [5, 5.41) is 8.42. The summed E-state index contributed by atoms with van der Waals surface area (Å²) in [6, 6.07) is 7.65. The number of thioether (sulfide) groups is 1. The fourth-order valence-electron chi connectivity index (χ4n) is 1.04. The van der Waals surface area contributed by atoms with E-state index in [1.165, 1.54) is 11.8 Å². The Hall–Kier alpha value is -0.810. The van der Waals surface area contributed by atoms with Gasteiger partial charge >= 0.3 is 5.97 Å². The Bertz CT molecular complexity index is 393. The van der Waals surface area contributed by atoms with Crippen LogP contribution in [0.15, 0.2) is 33.6 Å². The molecule has 16 heavy (non-hydrogen) atoms. The van der Waals surface area contributed by atoms with E-state index in [0.29, 0.717) is 5.75 Å². The Labute approximate surface area is 106 Å². The molecule has 86 valence electrons. The van der Waals surface area contributed by atoms with Crippen molar-refractivity contribution in [1.29, 1.82) is 0 Å². The lowest BCUT2D eigenvalue weighted by atomic mass is 10.2. The van der Waals surface area contributed by atoms with Gasteiger partial charge in [-0.05, 0) is 18.2 Å². The van der Waals surface area contributed by atoms with E-state index in [1.54, 1.807) is 0 Å². The van der Waals surface area contributed by atoms with Crippen LogP contribution in [-0.4, -0.2) is 22.6 Å². The number of carboxylic acids is 1. The van der Waals surface area contributed by atoms with E-state index < -0.39 is 5.97 Å². The number of halogens is 1. The Balaban J connectivity index is 2.34. The highest BCUT2D eigenvalue weighted by molar-refractivity contribution is 9.10. The minimum atomic E-state index is -0.930. The number of aliphatic carboxylic acids is 1. The molecule has 5 heteroatoms. The number of Topliss-reactive ketones (excluding diaryl/α,β-unsaturated/α-hetero) is 1. The van der Waals surface area contributed by atoms with E-state index in [-0.39, 0.29) is 18.6 Å². The number of carboxylic acid groups (broad SMARTS) is 1. The lowest BCUT2D eigenvalue weighted by Crippen LogP contribution is -2.05. The minimum absolute atomic E-state index is 0.0348. The largest absolute Gasteiger partial charge is 0.481 e. The number of hydrogen-bond acceptors (Lipinski definition) is 3. The van der Waals surface area contributed by atoms with Crippen molar-refractivity contribution in [3.63, 3.8) is 0 Å². The molecule has 0 unspecified atom stereocenters. The highest BCUT2D eigenvalue weighted by Gasteiger charge is 2.06. The van der Waals surface area contributed by atoms with Gasteiger partial charge in [-0.15, -0.1) is 11.8 Å². The predicted molar refractivity (Wildman–Crippen MR) is 66.7 cm³/mol. The van der Waals surface area contributed by atoms with Gasteiger partial charge in [0.25, 0.3) is 0 Å². The quantitative estimate of drug-likeness (QED) is 0.821. The second kappa shape index (κ2) is 6.70. The van der Waals surface area contributed by atoms with Crippen LogP contribution in [0.5, 0.6) is 0 Å². The Morgan fingerprint density at radius 2 is 2.06 bits per heavy atom. The third kappa shape index (κ3) is 5.32. The van der Waals surface area contributed by atoms with Gasteiger partial charge in [0.15, 0.2) is 0 Å². The van der Waals surface area contributed by atoms with Gasteiger partial charge in [-0.1, -0.05) is 22.0 Å². The lowest BCUT2D eigenvalue weighted by Gasteiger charge is -2.01. The summed E-state index contributed by atoms with van der Waals surface area (Å²) >= 11 is 4.76. The molecule has 0 aliphatic heterocycles. The maximum absolute atomic E-state index is 11.3. The topological polar surface area (TPSA) is 54.4 Å². The third-order valence-corrected chi connectivity index (χ3v) is 3.36. The highest BCUT2D eigenvalue weighted by Crippen LogP contribution is 2.22. The molecule has 0 fully saturated rings. The van der Waals surface area contributed by atoms with Gasteiger partial charge in [0, 0.05) is 15.8 Å². The third-order valence-electron chi connectivity index (χ3n) is 1.81. The first-order valence-corrected chi connectivity index (χ1v) is 6.47. The molecule has 0 radical (unpaired) electrons. The normalized spacial score (nSPS) is 10.1. The first-order valence-electron chi connectivity index (χ1n) is 4.70. The van der Waals surface area contributed by atoms with Crippen LogP contribution in [0.1, 0.15) is 12.8 Å². The van der Waals surface area contributed by atoms with E-state index >= 15 is 0 Å². The van der Waals surface area contributed by atoms with E-state index in [4.69, 9.17) is 5.11 Å². The molecule has 0 spiro atoms. The van der Waals surface area contributed by atoms with Crippen molar-refractivity contribution in [2.24, 2.45) is 0 Å². The minimum Gasteiger partial charge on any atom is -0.481 e. The summed E-state index contributed by atoms with van der Waals surface area (Å²) in [6.07, 6.45) is 0.0220. The fraction of sp³-hybridized carbons (Fsp3) is 0.273. The monoisotopic (exact) mass is 302 g/mol. The van der Waals surface area contributed by atoms with Crippen molar-refractivity contribution in [3.8, 4) is 0 Å². The van der Waals surface area contributed by atoms with Crippen LogP contribution in [0.4, 0.5) is 0 Å². The molecular formula is C11H11BrO3S. The molecule has 0 aliphatic carbocycles. The standard InChI is InChI=1S/C11H11BrO3S/c12-8-2-1-3-10(6-8)16-7-9(13)4-5-11(14)15/h1-3,6H,4-5,7H2,(H,14,15). The number of carbonyl (C=O) groups excluding carboxylic acids is 1. The SMILES string of the molecule is O=C(O)CCC(=O)CSc1cccc(Br)c1. The molecule has 0 atom stereocenters. The summed E-state index contributed by atoms with van der Waals surface area (Å²) in [7, 11) is 0. The first-order chi connectivity index (χ1) is 7.58. The van der Waals surface area contributed by atoms with E-state index in [1.807, 2.05) is 24.3 Å². The number of rotatable bonds is 6. The molecule has 0 bridgehead atoms. The fourth-order valence-corrected chi connectivity index (χ4v) is 2.45. The molecule has 1 aromatic rings. The second-order valence-electron chi connectivity index (χ2n) is 3.18. The van der Waals surface area contributed by atoms with Gasteiger partial charge in [-0.3, -0.25) is 9.59 Å². The van der Waals surface area contributed by atoms with Gasteiger partial charge in [0.05, 0.1) is 12.2 Å². The van der Waals surface area contributed by atoms with E-state index in [2.05, 4.69) is 15.9 Å². The Morgan fingerprint density at radius 3 is 2.69 bits per heavy atom. The molecule has 0 saturated heterocycles. The molecule has 0 saturated carbocycles. The molecule has 0 heterocycles. The maximum Gasteiger partial charge on any atom is 0.303 e. The predicted octanol–water partition coefficient (Wildman–Crippen LogP) is 2.98. The highest BCUT2D eigenvalue weighted by atomic mass is 79.9. The van der Waals surface area contributed by atoms with Crippen LogP contribution in [0, 0.1) is 0 Å². The summed E-state index contributed by atoms with van der Waals surface area (Å²) in [5.74, 6) is -0.641. The molecule has 3 nitrogen and oxygen atoms in total. The number of benzene rings is 1. The summed E-state index contributed by atoms with van der Waals surface area (Å²) in [6.45, 7) is 0. The zero-order valence-corrected chi connectivity index (χ0v) is 10.9.